The smallest absolute Gasteiger partial charge is 0.412 e. The van der Waals surface area contributed by atoms with Gasteiger partial charge in [-0.1, -0.05) is 53.5 Å². The van der Waals surface area contributed by atoms with Crippen LogP contribution >= 0.6 is 0 Å². The van der Waals surface area contributed by atoms with Crippen molar-refractivity contribution in [2.45, 2.75) is 32.8 Å². The zero-order valence-electron chi connectivity index (χ0n) is 18.2. The minimum Gasteiger partial charge on any atom is -0.469 e. The van der Waals surface area contributed by atoms with Crippen molar-refractivity contribution in [1.29, 1.82) is 0 Å². The number of hydrogen-bond acceptors (Lipinski definition) is 6. The normalized spacial score (nSPS) is 11.1. The second kappa shape index (κ2) is 10.8. The van der Waals surface area contributed by atoms with Gasteiger partial charge in [-0.25, -0.2) is 4.79 Å². The molecule has 0 spiro atoms. The van der Waals surface area contributed by atoms with Crippen molar-refractivity contribution >= 4 is 17.7 Å². The number of benzene rings is 2. The van der Waals surface area contributed by atoms with E-state index in [1.165, 1.54) is 7.11 Å². The van der Waals surface area contributed by atoms with Crippen LogP contribution in [0.1, 0.15) is 47.6 Å². The lowest BCUT2D eigenvalue weighted by Crippen LogP contribution is -2.16. The Labute approximate surface area is 186 Å². The number of hydrogen-bond donors (Lipinski definition) is 1. The molecule has 1 aromatic heterocycles. The van der Waals surface area contributed by atoms with Gasteiger partial charge in [0, 0.05) is 12.0 Å². The van der Waals surface area contributed by atoms with Crippen molar-refractivity contribution in [3.05, 3.63) is 82.7 Å². The molecule has 1 amide bonds. The molecule has 0 fully saturated rings. The highest BCUT2D eigenvalue weighted by atomic mass is 16.6. The Morgan fingerprint density at radius 2 is 1.81 bits per heavy atom. The van der Waals surface area contributed by atoms with Crippen LogP contribution in [-0.4, -0.2) is 24.3 Å². The largest absolute Gasteiger partial charge is 0.469 e. The number of nitrogens with zero attached hydrogens (tertiary/aromatic N) is 1. The Hall–Kier alpha value is -4.05. The van der Waals surface area contributed by atoms with E-state index >= 15 is 0 Å². The summed E-state index contributed by atoms with van der Waals surface area (Å²) >= 11 is 0. The van der Waals surface area contributed by atoms with E-state index in [0.29, 0.717) is 24.2 Å². The molecule has 1 atom stereocenters. The van der Waals surface area contributed by atoms with Gasteiger partial charge >= 0.3 is 12.1 Å². The van der Waals surface area contributed by atoms with Gasteiger partial charge in [-0.05, 0) is 49.4 Å². The number of methoxy groups -OCH3 is 1. The van der Waals surface area contributed by atoms with Crippen LogP contribution in [0.25, 0.3) is 0 Å². The lowest BCUT2D eigenvalue weighted by atomic mass is 10.1. The third-order valence-corrected chi connectivity index (χ3v) is 4.76. The van der Waals surface area contributed by atoms with Crippen LogP contribution in [0.4, 0.5) is 10.5 Å². The van der Waals surface area contributed by atoms with Crippen molar-refractivity contribution in [1.82, 2.24) is 5.16 Å². The molecule has 0 aliphatic carbocycles. The summed E-state index contributed by atoms with van der Waals surface area (Å²) in [5.41, 5.74) is 3.52. The Morgan fingerprint density at radius 1 is 1.09 bits per heavy atom. The predicted octanol–water partition coefficient (Wildman–Crippen LogP) is 4.80. The minimum absolute atomic E-state index is 0.238. The molecule has 0 unspecified atom stereocenters. The lowest BCUT2D eigenvalue weighted by molar-refractivity contribution is -0.140. The van der Waals surface area contributed by atoms with Gasteiger partial charge in [0.15, 0.2) is 0 Å². The molecule has 0 bridgehead atoms. The van der Waals surface area contributed by atoms with Gasteiger partial charge in [-0.3, -0.25) is 10.1 Å². The van der Waals surface area contributed by atoms with Crippen molar-refractivity contribution < 1.29 is 23.6 Å². The van der Waals surface area contributed by atoms with Crippen molar-refractivity contribution in [3.63, 3.8) is 0 Å². The molecule has 32 heavy (non-hydrogen) atoms. The summed E-state index contributed by atoms with van der Waals surface area (Å²) in [6.45, 7) is 3.51. The maximum atomic E-state index is 12.4. The van der Waals surface area contributed by atoms with E-state index in [1.807, 2.05) is 54.6 Å². The zero-order valence-corrected chi connectivity index (χ0v) is 18.2. The van der Waals surface area contributed by atoms with Gasteiger partial charge in [0.25, 0.3) is 0 Å². The van der Waals surface area contributed by atoms with Crippen LogP contribution < -0.4 is 5.32 Å². The first-order chi connectivity index (χ1) is 15.5. The lowest BCUT2D eigenvalue weighted by Gasteiger charge is -2.13. The Morgan fingerprint density at radius 3 is 2.50 bits per heavy atom. The summed E-state index contributed by atoms with van der Waals surface area (Å²) in [7, 11) is 1.37. The average molecular weight is 432 g/mol. The molecule has 0 saturated heterocycles. The van der Waals surface area contributed by atoms with E-state index in [4.69, 9.17) is 9.26 Å². The summed E-state index contributed by atoms with van der Waals surface area (Å²) in [6, 6.07) is 17.0. The summed E-state index contributed by atoms with van der Waals surface area (Å²) in [6.07, 6.45) is -0.110. The number of carbonyl (C=O) groups is 2. The monoisotopic (exact) mass is 432 g/mol. The predicted molar refractivity (Wildman–Crippen MR) is 119 cm³/mol. The fraction of sp³-hybridized carbons (Fsp3) is 0.240. The molecule has 164 valence electrons. The van der Waals surface area contributed by atoms with Crippen LogP contribution in [0.5, 0.6) is 0 Å². The van der Waals surface area contributed by atoms with Gasteiger partial charge in [0.1, 0.15) is 17.5 Å². The third kappa shape index (κ3) is 6.22. The number of aryl methyl sites for hydroxylation is 2. The molecule has 0 radical (unpaired) electrons. The maximum Gasteiger partial charge on any atom is 0.412 e. The first-order valence-corrected chi connectivity index (χ1v) is 10.1. The summed E-state index contributed by atoms with van der Waals surface area (Å²) < 4.78 is 15.4. The number of nitrogens with one attached hydrogen (secondary N) is 1. The molecule has 3 rings (SSSR count). The molecule has 7 nitrogen and oxygen atoms in total. The van der Waals surface area contributed by atoms with Crippen LogP contribution in [0.15, 0.2) is 59.1 Å². The van der Waals surface area contributed by atoms with Crippen LogP contribution in [-0.2, 0) is 20.7 Å². The molecule has 7 heteroatoms. The second-order valence-corrected chi connectivity index (χ2v) is 7.08. The average Bonchev–Trinajstić information content (AvgIpc) is 3.16. The van der Waals surface area contributed by atoms with Gasteiger partial charge in [0.2, 0.25) is 5.76 Å². The van der Waals surface area contributed by atoms with E-state index < -0.39 is 12.2 Å². The Kier molecular flexibility index (Phi) is 7.65. The highest BCUT2D eigenvalue weighted by molar-refractivity contribution is 5.87. The molecule has 2 aromatic carbocycles. The van der Waals surface area contributed by atoms with Crippen LogP contribution in [0.2, 0.25) is 0 Å². The van der Waals surface area contributed by atoms with E-state index in [2.05, 4.69) is 27.1 Å². The van der Waals surface area contributed by atoms with E-state index in [-0.39, 0.29) is 11.7 Å². The van der Waals surface area contributed by atoms with E-state index in [1.54, 1.807) is 13.8 Å². The zero-order chi connectivity index (χ0) is 22.9. The maximum absolute atomic E-state index is 12.4. The highest BCUT2D eigenvalue weighted by Crippen LogP contribution is 2.22. The summed E-state index contributed by atoms with van der Waals surface area (Å²) in [5.74, 6) is 5.88. The molecule has 0 aliphatic heterocycles. The molecule has 1 N–H and O–H groups in total. The van der Waals surface area contributed by atoms with Crippen LogP contribution in [0.3, 0.4) is 0 Å². The molecular weight excluding hydrogens is 408 g/mol. The van der Waals surface area contributed by atoms with Gasteiger partial charge in [-0.2, -0.15) is 0 Å². The molecule has 0 saturated carbocycles. The standard InChI is InChI=1S/C25H24N2O5/c1-17-24(26-25(29)31-18(2)21-7-5-4-6-8-21)22(32-27-17)15-13-19-9-11-20(12-10-19)14-16-23(28)30-3/h4-12,18H,14,16H2,1-3H3,(H,26,29)/t18-/m1/s1. The fourth-order valence-corrected chi connectivity index (χ4v) is 2.92. The number of rotatable bonds is 6. The van der Waals surface area contributed by atoms with Gasteiger partial charge in [0.05, 0.1) is 7.11 Å². The van der Waals surface area contributed by atoms with Crippen LogP contribution in [0, 0.1) is 18.8 Å². The van der Waals surface area contributed by atoms with E-state index in [9.17, 15) is 9.59 Å². The van der Waals surface area contributed by atoms with Crippen molar-refractivity contribution in [3.8, 4) is 11.8 Å². The van der Waals surface area contributed by atoms with Crippen molar-refractivity contribution in [2.75, 3.05) is 12.4 Å². The first-order valence-electron chi connectivity index (χ1n) is 10.1. The summed E-state index contributed by atoms with van der Waals surface area (Å²) in [4.78, 5) is 23.6. The molecule has 1 heterocycles. The minimum atomic E-state index is -0.620. The summed E-state index contributed by atoms with van der Waals surface area (Å²) in [5, 5.41) is 6.56. The SMILES string of the molecule is COC(=O)CCc1ccc(C#Cc2onc(C)c2NC(=O)O[C@H](C)c2ccccc2)cc1. The van der Waals surface area contributed by atoms with Gasteiger partial charge < -0.3 is 14.0 Å². The number of ether oxygens (including phenoxy) is 2. The number of carbonyl (C=O) groups excluding carboxylic acids is 2. The first kappa shape index (κ1) is 22.6. The molecule has 0 aliphatic rings. The number of anilines is 1. The second-order valence-electron chi connectivity index (χ2n) is 7.08. The fourth-order valence-electron chi connectivity index (χ4n) is 2.92. The number of aromatic nitrogens is 1. The Bertz CT molecular complexity index is 1120. The highest BCUT2D eigenvalue weighted by Gasteiger charge is 2.17. The molecular formula is C25H24N2O5. The van der Waals surface area contributed by atoms with E-state index in [0.717, 1.165) is 16.7 Å². The Balaban J connectivity index is 1.64. The quantitative estimate of drug-likeness (QED) is 0.445. The number of amides is 1. The number of esters is 1. The van der Waals surface area contributed by atoms with Gasteiger partial charge in [-0.15, -0.1) is 0 Å². The van der Waals surface area contributed by atoms with Crippen molar-refractivity contribution in [2.24, 2.45) is 0 Å². The third-order valence-electron chi connectivity index (χ3n) is 4.76. The topological polar surface area (TPSA) is 90.7 Å². The molecule has 3 aromatic rings.